The average Bonchev–Trinajstić information content (AvgIpc) is 3.10. The van der Waals surface area contributed by atoms with Gasteiger partial charge >= 0.3 is 0 Å². The average molecular weight is 315 g/mol. The topological polar surface area (TPSA) is 48.0 Å². The Hall–Kier alpha value is -2.01. The molecule has 0 N–H and O–H groups in total. The first-order chi connectivity index (χ1) is 11.2. The number of ether oxygens (including phenoxy) is 3. The molecule has 3 aliphatic rings. The van der Waals surface area contributed by atoms with Gasteiger partial charge in [0.25, 0.3) is 0 Å². The highest BCUT2D eigenvalue weighted by atomic mass is 16.7. The summed E-state index contributed by atoms with van der Waals surface area (Å²) >= 11 is 0. The molecule has 1 aromatic rings. The third kappa shape index (κ3) is 2.22. The van der Waals surface area contributed by atoms with Gasteiger partial charge in [0.15, 0.2) is 17.3 Å². The minimum atomic E-state index is -0.205. The van der Waals surface area contributed by atoms with Crippen LogP contribution in [0.4, 0.5) is 0 Å². The maximum absolute atomic E-state index is 12.8. The van der Waals surface area contributed by atoms with Crippen LogP contribution in [0.5, 0.6) is 11.5 Å². The number of fused-ring (bicyclic) bond motifs is 4. The molecule has 4 rings (SSSR count). The van der Waals surface area contributed by atoms with Crippen molar-refractivity contribution in [1.29, 1.82) is 0 Å². The summed E-state index contributed by atoms with van der Waals surface area (Å²) in [6, 6.07) is 4.11. The molecule has 0 amide bonds. The van der Waals surface area contributed by atoms with Gasteiger partial charge in [-0.25, -0.2) is 0 Å². The maximum Gasteiger partial charge on any atom is 0.231 e. The van der Waals surface area contributed by atoms with Crippen molar-refractivity contribution in [3.63, 3.8) is 0 Å². The number of Topliss-reactive ketones (excluding diaryl/α,β-unsaturated/α-hetero) is 1. The van der Waals surface area contributed by atoms with Gasteiger partial charge in [-0.15, -0.1) is 0 Å². The molecule has 2 unspecified atom stereocenters. The molecule has 0 aromatic heterocycles. The van der Waals surface area contributed by atoms with Gasteiger partial charge in [-0.1, -0.05) is 6.92 Å². The van der Waals surface area contributed by atoms with Gasteiger partial charge in [-0.3, -0.25) is 9.69 Å². The highest BCUT2D eigenvalue weighted by molar-refractivity contribution is 6.02. The van der Waals surface area contributed by atoms with Gasteiger partial charge in [0, 0.05) is 12.6 Å². The molecular formula is C18H21NO4. The fraction of sp³-hybridized carbons (Fsp3) is 0.500. The second-order valence-electron chi connectivity index (χ2n) is 6.26. The molecule has 2 aliphatic heterocycles. The summed E-state index contributed by atoms with van der Waals surface area (Å²) in [6.45, 7) is 4.33. The van der Waals surface area contributed by atoms with Crippen molar-refractivity contribution >= 4 is 5.78 Å². The highest BCUT2D eigenvalue weighted by Gasteiger charge is 2.43. The lowest BCUT2D eigenvalue weighted by Crippen LogP contribution is -2.38. The van der Waals surface area contributed by atoms with Crippen molar-refractivity contribution in [3.8, 4) is 11.5 Å². The lowest BCUT2D eigenvalue weighted by Gasteiger charge is -2.28. The van der Waals surface area contributed by atoms with Crippen LogP contribution in [0.1, 0.15) is 30.4 Å². The van der Waals surface area contributed by atoms with Crippen LogP contribution < -0.4 is 9.47 Å². The Bertz CT molecular complexity index is 682. The predicted octanol–water partition coefficient (Wildman–Crippen LogP) is 2.25. The van der Waals surface area contributed by atoms with Crippen LogP contribution in [0, 0.1) is 0 Å². The first-order valence-electron chi connectivity index (χ1n) is 8.19. The van der Waals surface area contributed by atoms with Gasteiger partial charge in [0.2, 0.25) is 12.6 Å². The number of benzene rings is 1. The summed E-state index contributed by atoms with van der Waals surface area (Å²) in [5, 5.41) is 0. The molecule has 23 heavy (non-hydrogen) atoms. The summed E-state index contributed by atoms with van der Waals surface area (Å²) in [6.07, 6.45) is 3.97. The first-order valence-corrected chi connectivity index (χ1v) is 8.19. The van der Waals surface area contributed by atoms with E-state index in [0.29, 0.717) is 5.76 Å². The fourth-order valence-corrected chi connectivity index (χ4v) is 3.92. The van der Waals surface area contributed by atoms with Crippen LogP contribution in [0.25, 0.3) is 0 Å². The third-order valence-corrected chi connectivity index (χ3v) is 4.98. The van der Waals surface area contributed by atoms with Gasteiger partial charge in [-0.05, 0) is 48.7 Å². The van der Waals surface area contributed by atoms with E-state index in [-0.39, 0.29) is 24.5 Å². The number of methoxy groups -OCH3 is 1. The zero-order valence-corrected chi connectivity index (χ0v) is 13.5. The zero-order valence-electron chi connectivity index (χ0n) is 13.5. The molecule has 0 saturated carbocycles. The summed E-state index contributed by atoms with van der Waals surface area (Å²) < 4.78 is 16.3. The normalized spacial score (nSPS) is 25.7. The Morgan fingerprint density at radius 3 is 2.83 bits per heavy atom. The van der Waals surface area contributed by atoms with Gasteiger partial charge in [0.05, 0.1) is 13.0 Å². The lowest BCUT2D eigenvalue weighted by molar-refractivity contribution is -0.119. The van der Waals surface area contributed by atoms with E-state index in [0.717, 1.165) is 43.0 Å². The number of ketones is 1. The largest absolute Gasteiger partial charge is 0.493 e. The minimum Gasteiger partial charge on any atom is -0.493 e. The molecule has 2 heterocycles. The molecule has 122 valence electrons. The number of carbonyl (C=O) groups is 1. The van der Waals surface area contributed by atoms with E-state index < -0.39 is 0 Å². The first kappa shape index (κ1) is 14.6. The predicted molar refractivity (Wildman–Crippen MR) is 84.8 cm³/mol. The van der Waals surface area contributed by atoms with E-state index in [1.54, 1.807) is 7.11 Å². The molecule has 5 heteroatoms. The van der Waals surface area contributed by atoms with Crippen molar-refractivity contribution in [2.75, 3.05) is 27.0 Å². The van der Waals surface area contributed by atoms with Crippen LogP contribution in [-0.4, -0.2) is 43.7 Å². The smallest absolute Gasteiger partial charge is 0.231 e. The summed E-state index contributed by atoms with van der Waals surface area (Å²) in [5.41, 5.74) is 2.24. The van der Waals surface area contributed by atoms with Crippen LogP contribution in [0.3, 0.4) is 0 Å². The fourth-order valence-electron chi connectivity index (χ4n) is 3.92. The second kappa shape index (κ2) is 5.57. The summed E-state index contributed by atoms with van der Waals surface area (Å²) in [4.78, 5) is 15.2. The summed E-state index contributed by atoms with van der Waals surface area (Å²) in [5.74, 6) is 1.87. The number of hydrogen-bond acceptors (Lipinski definition) is 5. The number of carbonyl (C=O) groups excluding carboxylic acids is 1. The number of nitrogens with zero attached hydrogens (tertiary/aromatic N) is 1. The van der Waals surface area contributed by atoms with E-state index in [4.69, 9.17) is 14.2 Å². The van der Waals surface area contributed by atoms with Crippen LogP contribution in [-0.2, 0) is 16.0 Å². The van der Waals surface area contributed by atoms with Crippen LogP contribution in [0.15, 0.2) is 24.0 Å². The highest BCUT2D eigenvalue weighted by Crippen LogP contribution is 2.44. The molecule has 1 aliphatic carbocycles. The van der Waals surface area contributed by atoms with Crippen molar-refractivity contribution in [1.82, 2.24) is 4.90 Å². The van der Waals surface area contributed by atoms with Gasteiger partial charge in [0.1, 0.15) is 0 Å². The standard InChI is InChI=1S/C18H21NO4/c1-3-5-19-6-4-11-7-14-15(23-10-22-14)8-12(11)17-13(19)9-16(21-2)18(17)20/h7-9,13,17H,3-6,10H2,1-2H3. The molecule has 0 spiro atoms. The van der Waals surface area contributed by atoms with E-state index in [9.17, 15) is 4.79 Å². The van der Waals surface area contributed by atoms with E-state index >= 15 is 0 Å². The van der Waals surface area contributed by atoms with Crippen molar-refractivity contribution < 1.29 is 19.0 Å². The molecule has 0 radical (unpaired) electrons. The monoisotopic (exact) mass is 315 g/mol. The molecule has 1 aromatic carbocycles. The van der Waals surface area contributed by atoms with Crippen molar-refractivity contribution in [2.45, 2.75) is 31.7 Å². The number of rotatable bonds is 3. The third-order valence-electron chi connectivity index (χ3n) is 4.98. The molecular weight excluding hydrogens is 294 g/mol. The Morgan fingerprint density at radius 2 is 2.09 bits per heavy atom. The quantitative estimate of drug-likeness (QED) is 0.856. The maximum atomic E-state index is 12.8. The molecule has 0 saturated heterocycles. The summed E-state index contributed by atoms with van der Waals surface area (Å²) in [7, 11) is 1.57. The second-order valence-corrected chi connectivity index (χ2v) is 6.26. The van der Waals surface area contributed by atoms with E-state index in [2.05, 4.69) is 11.8 Å². The van der Waals surface area contributed by atoms with Crippen LogP contribution >= 0.6 is 0 Å². The van der Waals surface area contributed by atoms with Gasteiger partial charge in [-0.2, -0.15) is 0 Å². The molecule has 0 bridgehead atoms. The molecule has 2 atom stereocenters. The number of hydrogen-bond donors (Lipinski definition) is 0. The van der Waals surface area contributed by atoms with Crippen molar-refractivity contribution in [3.05, 3.63) is 35.1 Å². The Kier molecular flexibility index (Phi) is 3.53. The van der Waals surface area contributed by atoms with Crippen LogP contribution in [0.2, 0.25) is 0 Å². The van der Waals surface area contributed by atoms with E-state index in [1.807, 2.05) is 18.2 Å². The Labute approximate surface area is 135 Å². The van der Waals surface area contributed by atoms with E-state index in [1.165, 1.54) is 5.56 Å². The Morgan fingerprint density at radius 1 is 1.30 bits per heavy atom. The lowest BCUT2D eigenvalue weighted by atomic mass is 9.88. The minimum absolute atomic E-state index is 0.0685. The van der Waals surface area contributed by atoms with Crippen molar-refractivity contribution in [2.24, 2.45) is 0 Å². The SMILES string of the molecule is CCCN1CCc2cc3c(cc2C2C(=O)C(OC)=CC21)OCO3. The number of allylic oxidation sites excluding steroid dienone is 1. The zero-order chi connectivity index (χ0) is 16.0. The van der Waals surface area contributed by atoms with Gasteiger partial charge < -0.3 is 14.2 Å². The molecule has 0 fully saturated rings. The molecule has 5 nitrogen and oxygen atoms in total. The Balaban J connectivity index is 1.81.